The number of nitrogens with zero attached hydrogens (tertiary/aromatic N) is 1. The Morgan fingerprint density at radius 3 is 2.67 bits per heavy atom. The average molecular weight is 399 g/mol. The molecule has 136 valence electrons. The summed E-state index contributed by atoms with van der Waals surface area (Å²) in [5, 5.41) is 4.12. The summed E-state index contributed by atoms with van der Waals surface area (Å²) in [5.41, 5.74) is 2.09. The summed E-state index contributed by atoms with van der Waals surface area (Å²) in [4.78, 5) is 28.4. The number of esters is 1. The normalized spacial score (nSPS) is 10.7. The second kappa shape index (κ2) is 8.62. The zero-order valence-electron chi connectivity index (χ0n) is 14.3. The van der Waals surface area contributed by atoms with Gasteiger partial charge in [0, 0.05) is 16.3 Å². The third kappa shape index (κ3) is 5.03. The predicted octanol–water partition coefficient (Wildman–Crippen LogP) is 5.01. The predicted molar refractivity (Wildman–Crippen MR) is 108 cm³/mol. The molecule has 2 aromatic carbocycles. The lowest BCUT2D eigenvalue weighted by Crippen LogP contribution is -2.11. The third-order valence-electron chi connectivity index (χ3n) is 3.58. The van der Waals surface area contributed by atoms with Crippen molar-refractivity contribution in [3.63, 3.8) is 0 Å². The first-order valence-corrected chi connectivity index (χ1v) is 9.14. The van der Waals surface area contributed by atoms with Crippen LogP contribution in [0.15, 0.2) is 54.7 Å². The van der Waals surface area contributed by atoms with E-state index in [1.54, 1.807) is 30.3 Å². The Kier molecular flexibility index (Phi) is 6.01. The molecule has 1 aromatic heterocycles. The minimum atomic E-state index is -0.404. The highest BCUT2D eigenvalue weighted by Crippen LogP contribution is 2.19. The lowest BCUT2D eigenvalue weighted by Gasteiger charge is -2.06. The van der Waals surface area contributed by atoms with Crippen LogP contribution in [0.4, 0.5) is 5.69 Å². The summed E-state index contributed by atoms with van der Waals surface area (Å²) >= 11 is 7.09. The van der Waals surface area contributed by atoms with Gasteiger partial charge in [-0.05, 0) is 48.0 Å². The van der Waals surface area contributed by atoms with Crippen molar-refractivity contribution in [1.82, 2.24) is 4.98 Å². The monoisotopic (exact) mass is 398 g/mol. The molecule has 0 fully saturated rings. The molecule has 1 heterocycles. The second-order valence-corrected chi connectivity index (χ2v) is 6.97. The van der Waals surface area contributed by atoms with E-state index in [-0.39, 0.29) is 5.91 Å². The highest BCUT2D eigenvalue weighted by Gasteiger charge is 2.09. The maximum atomic E-state index is 12.3. The van der Waals surface area contributed by atoms with Gasteiger partial charge in [0.15, 0.2) is 0 Å². The number of carbonyl (C=O) groups is 2. The Balaban J connectivity index is 1.69. The molecule has 0 aliphatic rings. The SMILES string of the molecule is COC(=O)c1cnc(/C=C/c2cccc(NC(=O)c3ccc(Cl)cc3)c2)s1. The molecule has 7 heteroatoms. The highest BCUT2D eigenvalue weighted by molar-refractivity contribution is 7.14. The van der Waals surface area contributed by atoms with Gasteiger partial charge in [0.05, 0.1) is 13.3 Å². The van der Waals surface area contributed by atoms with Gasteiger partial charge >= 0.3 is 5.97 Å². The maximum absolute atomic E-state index is 12.3. The molecule has 0 aliphatic carbocycles. The van der Waals surface area contributed by atoms with Crippen molar-refractivity contribution in [2.75, 3.05) is 12.4 Å². The van der Waals surface area contributed by atoms with Crippen LogP contribution < -0.4 is 5.32 Å². The van der Waals surface area contributed by atoms with Crippen LogP contribution in [0.5, 0.6) is 0 Å². The van der Waals surface area contributed by atoms with Crippen molar-refractivity contribution < 1.29 is 14.3 Å². The average Bonchev–Trinajstić information content (AvgIpc) is 3.15. The largest absolute Gasteiger partial charge is 0.465 e. The Morgan fingerprint density at radius 1 is 1.15 bits per heavy atom. The van der Waals surface area contributed by atoms with Crippen LogP contribution in [0, 0.1) is 0 Å². The summed E-state index contributed by atoms with van der Waals surface area (Å²) in [7, 11) is 1.33. The van der Waals surface area contributed by atoms with Crippen LogP contribution in [0.3, 0.4) is 0 Å². The minimum absolute atomic E-state index is 0.213. The van der Waals surface area contributed by atoms with Crippen molar-refractivity contribution in [3.8, 4) is 0 Å². The molecule has 0 saturated carbocycles. The summed E-state index contributed by atoms with van der Waals surface area (Å²) in [6.07, 6.45) is 5.15. The van der Waals surface area contributed by atoms with Gasteiger partial charge in [0.1, 0.15) is 9.88 Å². The van der Waals surface area contributed by atoms with E-state index in [4.69, 9.17) is 11.6 Å². The first-order valence-electron chi connectivity index (χ1n) is 7.94. The van der Waals surface area contributed by atoms with Crippen LogP contribution in [0.25, 0.3) is 12.2 Å². The molecule has 0 saturated heterocycles. The number of aromatic nitrogens is 1. The fourth-order valence-electron chi connectivity index (χ4n) is 2.25. The van der Waals surface area contributed by atoms with Gasteiger partial charge in [-0.3, -0.25) is 4.79 Å². The van der Waals surface area contributed by atoms with Gasteiger partial charge in [0.2, 0.25) is 0 Å². The fraction of sp³-hybridized carbons (Fsp3) is 0.0500. The third-order valence-corrected chi connectivity index (χ3v) is 4.77. The van der Waals surface area contributed by atoms with Crippen LogP contribution >= 0.6 is 22.9 Å². The molecular formula is C20H15ClN2O3S. The number of methoxy groups -OCH3 is 1. The molecule has 1 N–H and O–H groups in total. The first kappa shape index (κ1) is 18.8. The number of hydrogen-bond donors (Lipinski definition) is 1. The molecular weight excluding hydrogens is 384 g/mol. The topological polar surface area (TPSA) is 68.3 Å². The Bertz CT molecular complexity index is 996. The van der Waals surface area contributed by atoms with Crippen LogP contribution in [-0.4, -0.2) is 24.0 Å². The standard InChI is InChI=1S/C20H15ClN2O3S/c1-26-20(25)17-12-22-18(27-17)10-5-13-3-2-4-16(11-13)23-19(24)14-6-8-15(21)9-7-14/h2-12H,1H3,(H,23,24)/b10-5+. The Hall–Kier alpha value is -2.96. The molecule has 0 spiro atoms. The first-order chi connectivity index (χ1) is 13.0. The summed E-state index contributed by atoms with van der Waals surface area (Å²) in [5.74, 6) is -0.616. The molecule has 0 atom stereocenters. The number of halogens is 1. The van der Waals surface area contributed by atoms with Gasteiger partial charge < -0.3 is 10.1 Å². The fourth-order valence-corrected chi connectivity index (χ4v) is 3.12. The van der Waals surface area contributed by atoms with Crippen LogP contribution in [-0.2, 0) is 4.74 Å². The second-order valence-electron chi connectivity index (χ2n) is 5.47. The van der Waals surface area contributed by atoms with E-state index in [0.29, 0.717) is 26.2 Å². The molecule has 0 unspecified atom stereocenters. The number of nitrogens with one attached hydrogen (secondary N) is 1. The number of thiazole rings is 1. The van der Waals surface area contributed by atoms with Gasteiger partial charge in [-0.1, -0.05) is 29.8 Å². The maximum Gasteiger partial charge on any atom is 0.349 e. The molecule has 0 bridgehead atoms. The van der Waals surface area contributed by atoms with E-state index in [0.717, 1.165) is 5.56 Å². The van der Waals surface area contributed by atoms with Gasteiger partial charge in [-0.2, -0.15) is 0 Å². The molecule has 27 heavy (non-hydrogen) atoms. The molecule has 0 radical (unpaired) electrons. The van der Waals surface area contributed by atoms with E-state index in [9.17, 15) is 9.59 Å². The van der Waals surface area contributed by atoms with E-state index < -0.39 is 5.97 Å². The summed E-state index contributed by atoms with van der Waals surface area (Å²) in [6, 6.07) is 14.1. The zero-order valence-corrected chi connectivity index (χ0v) is 15.9. The molecule has 0 aliphatic heterocycles. The van der Waals surface area contributed by atoms with Gasteiger partial charge in [0.25, 0.3) is 5.91 Å². The highest BCUT2D eigenvalue weighted by atomic mass is 35.5. The summed E-state index contributed by atoms with van der Waals surface area (Å²) < 4.78 is 4.67. The minimum Gasteiger partial charge on any atom is -0.465 e. The number of rotatable bonds is 5. The number of hydrogen-bond acceptors (Lipinski definition) is 5. The summed E-state index contributed by atoms with van der Waals surface area (Å²) in [6.45, 7) is 0. The number of carbonyl (C=O) groups excluding carboxylic acids is 2. The van der Waals surface area contributed by atoms with Crippen LogP contribution in [0.2, 0.25) is 5.02 Å². The van der Waals surface area contributed by atoms with Crippen molar-refractivity contribution in [2.24, 2.45) is 0 Å². The lowest BCUT2D eigenvalue weighted by atomic mass is 10.1. The Labute approximate surface area is 165 Å². The van der Waals surface area contributed by atoms with Gasteiger partial charge in [-0.15, -0.1) is 11.3 Å². The van der Waals surface area contributed by atoms with Gasteiger partial charge in [-0.25, -0.2) is 9.78 Å². The van der Waals surface area contributed by atoms with Crippen molar-refractivity contribution in [2.45, 2.75) is 0 Å². The molecule has 3 rings (SSSR count). The van der Waals surface area contributed by atoms with E-state index in [2.05, 4.69) is 15.0 Å². The number of benzene rings is 2. The zero-order chi connectivity index (χ0) is 19.2. The van der Waals surface area contributed by atoms with Crippen molar-refractivity contribution in [3.05, 3.63) is 80.8 Å². The Morgan fingerprint density at radius 2 is 1.93 bits per heavy atom. The molecule has 1 amide bonds. The van der Waals surface area contributed by atoms with Crippen molar-refractivity contribution >= 4 is 52.7 Å². The molecule has 3 aromatic rings. The number of anilines is 1. The van der Waals surface area contributed by atoms with Crippen molar-refractivity contribution in [1.29, 1.82) is 0 Å². The van der Waals surface area contributed by atoms with E-state index in [1.165, 1.54) is 24.6 Å². The number of amides is 1. The van der Waals surface area contributed by atoms with E-state index >= 15 is 0 Å². The lowest BCUT2D eigenvalue weighted by molar-refractivity contribution is 0.0606. The van der Waals surface area contributed by atoms with Crippen LogP contribution in [0.1, 0.15) is 30.6 Å². The number of ether oxygens (including phenoxy) is 1. The smallest absolute Gasteiger partial charge is 0.349 e. The van der Waals surface area contributed by atoms with E-state index in [1.807, 2.05) is 30.3 Å². The quantitative estimate of drug-likeness (QED) is 0.613. The molecule has 5 nitrogen and oxygen atoms in total.